The van der Waals surface area contributed by atoms with E-state index in [0.717, 1.165) is 0 Å². The van der Waals surface area contributed by atoms with Gasteiger partial charge in [0.15, 0.2) is 0 Å². The quantitative estimate of drug-likeness (QED) is 0.304. The number of benzene rings is 2. The van der Waals surface area contributed by atoms with Crippen molar-refractivity contribution < 1.29 is 21.7 Å². The van der Waals surface area contributed by atoms with Crippen LogP contribution >= 0.6 is 0 Å². The molecule has 0 spiro atoms. The van der Waals surface area contributed by atoms with Gasteiger partial charge in [0.2, 0.25) is 0 Å². The molecule has 1 aliphatic rings. The zero-order valence-corrected chi connectivity index (χ0v) is 27.0. The molecule has 0 heterocycles. The van der Waals surface area contributed by atoms with Gasteiger partial charge in [-0.25, -0.2) is 5.57 Å². The molecule has 0 fully saturated rings. The number of hydrogen-bond donors (Lipinski definition) is 0. The van der Waals surface area contributed by atoms with Crippen LogP contribution in [0.25, 0.3) is 0 Å². The van der Waals surface area contributed by atoms with Gasteiger partial charge in [-0.15, -0.1) is 6.92 Å². The van der Waals surface area contributed by atoms with E-state index in [1.165, 1.54) is 33.4 Å². The Morgan fingerprint density at radius 1 is 0.788 bits per heavy atom. The molecule has 1 aliphatic carbocycles. The Hall–Kier alpha value is -0.932. The largest absolute Gasteiger partial charge is 3.00 e. The maximum atomic E-state index is 4.01. The summed E-state index contributed by atoms with van der Waals surface area (Å²) in [5.74, 6) is 0. The second-order valence-corrected chi connectivity index (χ2v) is 20.3. The minimum absolute atomic E-state index is 0. The van der Waals surface area contributed by atoms with Crippen LogP contribution in [-0.2, 0) is 21.7 Å². The van der Waals surface area contributed by atoms with Crippen LogP contribution < -0.4 is 15.6 Å². The first-order chi connectivity index (χ1) is 13.7. The van der Waals surface area contributed by atoms with Gasteiger partial charge in [0, 0.05) is 0 Å². The Bertz CT molecular complexity index is 1070. The normalized spacial score (nSPS) is 19.7. The number of rotatable bonds is 4. The second-order valence-electron chi connectivity index (χ2n) is 10.8. The Morgan fingerprint density at radius 2 is 1.33 bits per heavy atom. The second kappa shape index (κ2) is 10.8. The molecular weight excluding hydrogens is 464 g/mol. The number of allylic oxidation sites excluding steroid dienone is 4. The van der Waals surface area contributed by atoms with E-state index < -0.39 is 16.1 Å². The van der Waals surface area contributed by atoms with Crippen molar-refractivity contribution in [3.05, 3.63) is 90.7 Å². The van der Waals surface area contributed by atoms with Crippen molar-refractivity contribution in [2.75, 3.05) is 0 Å². The van der Waals surface area contributed by atoms with Crippen molar-refractivity contribution in [2.45, 2.75) is 79.7 Å². The summed E-state index contributed by atoms with van der Waals surface area (Å²) in [5.41, 5.74) is 8.52. The van der Waals surface area contributed by atoms with Crippen molar-refractivity contribution in [1.29, 1.82) is 0 Å². The summed E-state index contributed by atoms with van der Waals surface area (Å²) < 4.78 is 0. The van der Waals surface area contributed by atoms with E-state index in [1.54, 1.807) is 15.6 Å². The fraction of sp³-hybridized carbons (Fsp3) is 0.400. The standard InChI is InChI=1S/C28H39Si2.2CH3.Ti/c1-19-15-25(29(8,9)10)17-26(16-19)30(11,27-14-12-13-20(2)23(27)5)28(7)18-21(3)22(4)24(28)6;;;/h12-17H,1-11H3;2*1H3;/q3*-1;+3. The smallest absolute Gasteiger partial charge is 0.358 e. The third kappa shape index (κ3) is 5.20. The Morgan fingerprint density at radius 3 is 1.82 bits per heavy atom. The van der Waals surface area contributed by atoms with E-state index in [2.05, 4.69) is 117 Å². The molecule has 2 aromatic carbocycles. The van der Waals surface area contributed by atoms with Crippen molar-refractivity contribution in [2.24, 2.45) is 0 Å². The Labute approximate surface area is 222 Å². The molecule has 0 nitrogen and oxygen atoms in total. The van der Waals surface area contributed by atoms with E-state index in [4.69, 9.17) is 0 Å². The van der Waals surface area contributed by atoms with Crippen LogP contribution in [0, 0.1) is 41.7 Å². The minimum Gasteiger partial charge on any atom is -0.358 e. The first-order valence-corrected chi connectivity index (χ1v) is 17.2. The topological polar surface area (TPSA) is 0 Å². The van der Waals surface area contributed by atoms with Gasteiger partial charge in [0.05, 0.1) is 8.07 Å². The van der Waals surface area contributed by atoms with Crippen LogP contribution in [0.3, 0.4) is 0 Å². The van der Waals surface area contributed by atoms with Gasteiger partial charge in [-0.3, -0.25) is 6.08 Å². The van der Waals surface area contributed by atoms with Gasteiger partial charge in [-0.2, -0.15) is 11.1 Å². The SMILES string of the molecule is CC1=[C-]C(C)([Si](C)(c2cc(C)cc([Si](C)(C)C)c2)c2cccc(C)c2C)C(C)=C1C.[CH3-].[CH3-].[Ti+3]. The fourth-order valence-electron chi connectivity index (χ4n) is 5.23. The van der Waals surface area contributed by atoms with Gasteiger partial charge >= 0.3 is 21.7 Å². The first-order valence-electron chi connectivity index (χ1n) is 11.2. The third-order valence-corrected chi connectivity index (χ3v) is 15.6. The Balaban J connectivity index is 0.00000341. The molecule has 0 aliphatic heterocycles. The Kier molecular flexibility index (Phi) is 10.5. The molecule has 0 saturated carbocycles. The summed E-state index contributed by atoms with van der Waals surface area (Å²) in [4.78, 5) is 0. The maximum Gasteiger partial charge on any atom is 3.00 e. The van der Waals surface area contributed by atoms with Gasteiger partial charge in [0.1, 0.15) is 8.07 Å². The molecular formula is C30H45Si2Ti. The predicted molar refractivity (Wildman–Crippen MR) is 153 cm³/mol. The molecule has 0 bridgehead atoms. The fourth-order valence-corrected chi connectivity index (χ4v) is 11.8. The summed E-state index contributed by atoms with van der Waals surface area (Å²) >= 11 is 0. The van der Waals surface area contributed by atoms with E-state index in [0.29, 0.717) is 0 Å². The van der Waals surface area contributed by atoms with Crippen molar-refractivity contribution in [3.8, 4) is 0 Å². The predicted octanol–water partition coefficient (Wildman–Crippen LogP) is 7.11. The third-order valence-electron chi connectivity index (χ3n) is 7.98. The van der Waals surface area contributed by atoms with Crippen LogP contribution in [0.15, 0.2) is 53.1 Å². The van der Waals surface area contributed by atoms with Gasteiger partial charge < -0.3 is 14.9 Å². The van der Waals surface area contributed by atoms with Crippen molar-refractivity contribution >= 4 is 31.7 Å². The minimum atomic E-state index is -2.22. The number of aryl methyl sites for hydroxylation is 2. The molecule has 3 rings (SSSR count). The molecule has 0 N–H and O–H groups in total. The summed E-state index contributed by atoms with van der Waals surface area (Å²) in [6, 6.07) is 14.4. The van der Waals surface area contributed by atoms with Gasteiger partial charge in [0.25, 0.3) is 0 Å². The van der Waals surface area contributed by atoms with Crippen LogP contribution in [0.5, 0.6) is 0 Å². The first kappa shape index (κ1) is 32.1. The van der Waals surface area contributed by atoms with Gasteiger partial charge in [-0.05, 0) is 31.9 Å². The summed E-state index contributed by atoms with van der Waals surface area (Å²) in [6.07, 6.45) is 4.01. The molecule has 2 unspecified atom stereocenters. The summed E-state index contributed by atoms with van der Waals surface area (Å²) in [5, 5.41) is 4.64. The van der Waals surface area contributed by atoms with Crippen LogP contribution in [0.2, 0.25) is 31.2 Å². The zero-order valence-electron chi connectivity index (χ0n) is 23.5. The van der Waals surface area contributed by atoms with E-state index in [-0.39, 0.29) is 41.6 Å². The molecule has 0 aromatic heterocycles. The maximum absolute atomic E-state index is 4.01. The van der Waals surface area contributed by atoms with Crippen LogP contribution in [0.4, 0.5) is 0 Å². The molecule has 3 heteroatoms. The molecule has 0 amide bonds. The molecule has 2 aromatic rings. The zero-order chi connectivity index (χ0) is 22.6. The average molecular weight is 510 g/mol. The van der Waals surface area contributed by atoms with E-state index in [1.807, 2.05) is 0 Å². The van der Waals surface area contributed by atoms with E-state index >= 15 is 0 Å². The molecule has 177 valence electrons. The molecule has 33 heavy (non-hydrogen) atoms. The van der Waals surface area contributed by atoms with Crippen molar-refractivity contribution in [3.63, 3.8) is 0 Å². The average Bonchev–Trinajstić information content (AvgIpc) is 2.86. The molecule has 0 saturated heterocycles. The monoisotopic (exact) mass is 509 g/mol. The van der Waals surface area contributed by atoms with Gasteiger partial charge in [-0.1, -0.05) is 110 Å². The van der Waals surface area contributed by atoms with Crippen LogP contribution in [0.1, 0.15) is 44.4 Å². The summed E-state index contributed by atoms with van der Waals surface area (Å²) in [7, 11) is -3.65. The van der Waals surface area contributed by atoms with Crippen molar-refractivity contribution in [1.82, 2.24) is 0 Å². The molecule has 2 atom stereocenters. The number of hydrogen-bond acceptors (Lipinski definition) is 0. The van der Waals surface area contributed by atoms with E-state index in [9.17, 15) is 0 Å². The molecule has 1 radical (unpaired) electrons. The summed E-state index contributed by atoms with van der Waals surface area (Å²) in [6.45, 7) is 26.2. The van der Waals surface area contributed by atoms with Crippen LogP contribution in [-0.4, -0.2) is 16.1 Å².